The maximum atomic E-state index is 13.2. The van der Waals surface area contributed by atoms with Crippen LogP contribution in [0.5, 0.6) is 5.75 Å². The first-order valence-corrected chi connectivity index (χ1v) is 13.6. The van der Waals surface area contributed by atoms with Gasteiger partial charge >= 0.3 is 0 Å². The lowest BCUT2D eigenvalue weighted by Crippen LogP contribution is -2.51. The fourth-order valence-electron chi connectivity index (χ4n) is 5.54. The highest BCUT2D eigenvalue weighted by atomic mass is 32.2. The third-order valence-corrected chi connectivity index (χ3v) is 8.51. The molecule has 180 valence electrons. The summed E-state index contributed by atoms with van der Waals surface area (Å²) in [6.07, 6.45) is 6.04. The van der Waals surface area contributed by atoms with Gasteiger partial charge in [-0.2, -0.15) is 0 Å². The Balaban J connectivity index is 1.26. The van der Waals surface area contributed by atoms with Crippen LogP contribution in [0, 0.1) is 0 Å². The highest BCUT2D eigenvalue weighted by molar-refractivity contribution is 7.92. The van der Waals surface area contributed by atoms with Crippen LogP contribution in [-0.2, 0) is 20.2 Å². The average Bonchev–Trinajstić information content (AvgIpc) is 3.00. The number of amides is 1. The number of nitrogens with two attached hydrogens (primary N) is 1. The molecule has 1 saturated heterocycles. The molecule has 0 bridgehead atoms. The third-order valence-electron chi connectivity index (χ3n) is 7.38. The van der Waals surface area contributed by atoms with Crippen LogP contribution in [0.15, 0.2) is 54.1 Å². The van der Waals surface area contributed by atoms with Gasteiger partial charge in [0.25, 0.3) is 0 Å². The number of likely N-dealkylation sites (tertiary alicyclic amines) is 1. The predicted molar refractivity (Wildman–Crippen MR) is 133 cm³/mol. The van der Waals surface area contributed by atoms with Crippen molar-refractivity contribution in [3.8, 4) is 5.75 Å². The van der Waals surface area contributed by atoms with Crippen molar-refractivity contribution in [2.24, 2.45) is 5.73 Å². The van der Waals surface area contributed by atoms with Gasteiger partial charge in [0, 0.05) is 37.0 Å². The Hall–Kier alpha value is -2.84. The second kappa shape index (κ2) is 8.74. The van der Waals surface area contributed by atoms with E-state index in [9.17, 15) is 13.2 Å². The molecule has 2 N–H and O–H groups in total. The average molecular weight is 482 g/mol. The molecule has 2 aromatic rings. The quantitative estimate of drug-likeness (QED) is 0.725. The molecular formula is C26H31N3O4S. The number of para-hydroxylation sites is 2. The van der Waals surface area contributed by atoms with Gasteiger partial charge in [-0.25, -0.2) is 8.42 Å². The molecule has 7 nitrogen and oxygen atoms in total. The van der Waals surface area contributed by atoms with Crippen molar-refractivity contribution >= 4 is 27.7 Å². The van der Waals surface area contributed by atoms with Crippen LogP contribution in [0.25, 0.3) is 6.08 Å². The monoisotopic (exact) mass is 481 g/mol. The minimum atomic E-state index is -3.36. The lowest BCUT2D eigenvalue weighted by molar-refractivity contribution is -0.134. The van der Waals surface area contributed by atoms with Gasteiger partial charge in [-0.05, 0) is 37.0 Å². The van der Waals surface area contributed by atoms with E-state index in [1.54, 1.807) is 0 Å². The number of anilines is 1. The molecule has 0 aliphatic carbocycles. The van der Waals surface area contributed by atoms with Crippen LogP contribution in [0.2, 0.25) is 0 Å². The van der Waals surface area contributed by atoms with Crippen molar-refractivity contribution in [1.82, 2.24) is 4.90 Å². The van der Waals surface area contributed by atoms with E-state index < -0.39 is 16.1 Å². The van der Waals surface area contributed by atoms with E-state index >= 15 is 0 Å². The standard InChI is InChI=1S/C26H31N3O4S/c1-34(31,32)29-18-26(21-7-3-4-8-23(21)29)11-13-28(14-12-26)25(30)22(27)17-19-10-15-33-24-9-5-2-6-20(24)16-19/h2-9,16,22H,10-15,17-18,27H2,1H3/t22-/m0/s1. The minimum Gasteiger partial charge on any atom is -0.493 e. The smallest absolute Gasteiger partial charge is 0.239 e. The van der Waals surface area contributed by atoms with Crippen molar-refractivity contribution in [2.45, 2.75) is 37.1 Å². The van der Waals surface area contributed by atoms with Crippen LogP contribution < -0.4 is 14.8 Å². The van der Waals surface area contributed by atoms with Crippen LogP contribution in [-0.4, -0.2) is 57.8 Å². The molecule has 5 rings (SSSR count). The van der Waals surface area contributed by atoms with Crippen LogP contribution in [0.3, 0.4) is 0 Å². The minimum absolute atomic E-state index is 0.0412. The topological polar surface area (TPSA) is 92.9 Å². The second-order valence-corrected chi connectivity index (χ2v) is 11.5. The van der Waals surface area contributed by atoms with Gasteiger partial charge in [0.2, 0.25) is 15.9 Å². The summed E-state index contributed by atoms with van der Waals surface area (Å²) in [7, 11) is -3.36. The number of sulfonamides is 1. The first-order chi connectivity index (χ1) is 16.3. The first kappa shape index (κ1) is 22.9. The number of rotatable bonds is 4. The van der Waals surface area contributed by atoms with Crippen molar-refractivity contribution in [1.29, 1.82) is 0 Å². The van der Waals surface area contributed by atoms with Gasteiger partial charge in [0.1, 0.15) is 5.75 Å². The largest absolute Gasteiger partial charge is 0.493 e. The molecule has 1 atom stereocenters. The number of benzene rings is 2. The second-order valence-electron chi connectivity index (χ2n) is 9.64. The Kier molecular flexibility index (Phi) is 5.90. The fourth-order valence-corrected chi connectivity index (χ4v) is 6.54. The Morgan fingerprint density at radius 1 is 1.12 bits per heavy atom. The highest BCUT2D eigenvalue weighted by Crippen LogP contribution is 2.47. The van der Waals surface area contributed by atoms with Gasteiger partial charge in [0.15, 0.2) is 0 Å². The predicted octanol–water partition coefficient (Wildman–Crippen LogP) is 2.91. The zero-order valence-corrected chi connectivity index (χ0v) is 20.3. The molecule has 0 unspecified atom stereocenters. The summed E-state index contributed by atoms with van der Waals surface area (Å²) in [4.78, 5) is 15.1. The molecule has 1 spiro atoms. The van der Waals surface area contributed by atoms with Gasteiger partial charge in [0.05, 0.1) is 24.6 Å². The zero-order valence-electron chi connectivity index (χ0n) is 19.4. The van der Waals surface area contributed by atoms with E-state index in [-0.39, 0.29) is 11.3 Å². The molecule has 1 amide bonds. The van der Waals surface area contributed by atoms with Crippen LogP contribution >= 0.6 is 0 Å². The van der Waals surface area contributed by atoms with E-state index in [0.29, 0.717) is 32.7 Å². The number of carbonyl (C=O) groups excluding carboxylic acids is 1. The van der Waals surface area contributed by atoms with Gasteiger partial charge in [-0.1, -0.05) is 48.0 Å². The van der Waals surface area contributed by atoms with Crippen molar-refractivity contribution in [3.63, 3.8) is 0 Å². The van der Waals surface area contributed by atoms with E-state index in [4.69, 9.17) is 10.5 Å². The van der Waals surface area contributed by atoms with Gasteiger partial charge < -0.3 is 15.4 Å². The van der Waals surface area contributed by atoms with E-state index in [1.165, 1.54) is 10.6 Å². The van der Waals surface area contributed by atoms with Gasteiger partial charge in [-0.3, -0.25) is 9.10 Å². The lowest BCUT2D eigenvalue weighted by atomic mass is 9.74. The molecule has 3 aliphatic rings. The van der Waals surface area contributed by atoms with E-state index in [0.717, 1.165) is 47.4 Å². The molecular weight excluding hydrogens is 450 g/mol. The molecule has 0 aromatic heterocycles. The molecule has 8 heteroatoms. The Morgan fingerprint density at radius 2 is 1.82 bits per heavy atom. The maximum Gasteiger partial charge on any atom is 0.239 e. The molecule has 3 heterocycles. The molecule has 3 aliphatic heterocycles. The zero-order chi connectivity index (χ0) is 23.9. The van der Waals surface area contributed by atoms with Crippen LogP contribution in [0.1, 0.15) is 36.8 Å². The van der Waals surface area contributed by atoms with Gasteiger partial charge in [-0.15, -0.1) is 0 Å². The summed E-state index contributed by atoms with van der Waals surface area (Å²) in [5, 5.41) is 0. The molecule has 1 fully saturated rings. The summed E-state index contributed by atoms with van der Waals surface area (Å²) in [6.45, 7) is 2.16. The molecule has 34 heavy (non-hydrogen) atoms. The molecule has 0 radical (unpaired) electrons. The Labute approximate surface area is 201 Å². The lowest BCUT2D eigenvalue weighted by Gasteiger charge is -2.40. The number of hydrogen-bond acceptors (Lipinski definition) is 5. The normalized spacial score (nSPS) is 20.1. The summed E-state index contributed by atoms with van der Waals surface area (Å²) in [5.74, 6) is 0.819. The van der Waals surface area contributed by atoms with Crippen molar-refractivity contribution in [3.05, 3.63) is 65.2 Å². The maximum absolute atomic E-state index is 13.2. The third kappa shape index (κ3) is 4.20. The number of nitrogens with zero attached hydrogens (tertiary/aromatic N) is 2. The number of ether oxygens (including phenoxy) is 1. The summed E-state index contributed by atoms with van der Waals surface area (Å²) < 4.78 is 32.1. The van der Waals surface area contributed by atoms with Crippen molar-refractivity contribution in [2.75, 3.05) is 36.8 Å². The molecule has 2 aromatic carbocycles. The number of carbonyl (C=O) groups is 1. The Bertz CT molecular complexity index is 1230. The van der Waals surface area contributed by atoms with E-state index in [2.05, 4.69) is 6.08 Å². The number of piperidine rings is 1. The summed E-state index contributed by atoms with van der Waals surface area (Å²) in [5.41, 5.74) is 10.1. The van der Waals surface area contributed by atoms with Crippen molar-refractivity contribution < 1.29 is 17.9 Å². The SMILES string of the molecule is CS(=O)(=O)N1CC2(CCN(C(=O)[C@@H](N)CC3=Cc4ccccc4OCC3)CC2)c2ccccc21. The number of fused-ring (bicyclic) bond motifs is 3. The first-order valence-electron chi connectivity index (χ1n) is 11.8. The van der Waals surface area contributed by atoms with Crippen LogP contribution in [0.4, 0.5) is 5.69 Å². The van der Waals surface area contributed by atoms with E-state index in [1.807, 2.05) is 53.4 Å². The summed E-state index contributed by atoms with van der Waals surface area (Å²) in [6, 6.07) is 15.0. The summed E-state index contributed by atoms with van der Waals surface area (Å²) >= 11 is 0. The number of hydrogen-bond donors (Lipinski definition) is 1. The fraction of sp³-hybridized carbons (Fsp3) is 0.423. The highest BCUT2D eigenvalue weighted by Gasteiger charge is 2.47. The molecule has 0 saturated carbocycles. The Morgan fingerprint density at radius 3 is 2.59 bits per heavy atom.